The third kappa shape index (κ3) is 4.82. The lowest BCUT2D eigenvalue weighted by Crippen LogP contribution is -2.26. The third-order valence-electron chi connectivity index (χ3n) is 8.04. The van der Waals surface area contributed by atoms with E-state index in [9.17, 15) is 0 Å². The Morgan fingerprint density at radius 1 is 0.480 bits per heavy atom. The molecule has 4 aliphatic rings. The van der Waals surface area contributed by atoms with Gasteiger partial charge in [-0.1, -0.05) is 11.8 Å². The lowest BCUT2D eigenvalue weighted by molar-refractivity contribution is 0.0636. The molecule has 0 saturated heterocycles. The van der Waals surface area contributed by atoms with E-state index >= 15 is 0 Å². The van der Waals surface area contributed by atoms with Crippen molar-refractivity contribution in [2.75, 3.05) is 7.11 Å². The van der Waals surface area contributed by atoms with E-state index in [1.165, 1.54) is 51.4 Å². The van der Waals surface area contributed by atoms with Crippen LogP contribution in [0.2, 0.25) is 0 Å². The van der Waals surface area contributed by atoms with Crippen molar-refractivity contribution in [1.82, 2.24) is 0 Å². The van der Waals surface area contributed by atoms with Crippen molar-refractivity contribution < 1.29 is 4.74 Å². The van der Waals surface area contributed by atoms with E-state index in [0.29, 0.717) is 17.9 Å². The van der Waals surface area contributed by atoms with Crippen molar-refractivity contribution in [2.24, 2.45) is 35.5 Å². The number of ether oxygens (including phenoxy) is 1. The highest BCUT2D eigenvalue weighted by Gasteiger charge is 2.36. The first-order chi connectivity index (χ1) is 12.3. The fourth-order valence-electron chi connectivity index (χ4n) is 6.07. The van der Waals surface area contributed by atoms with Crippen molar-refractivity contribution in [2.45, 2.75) is 96.0 Å². The van der Waals surface area contributed by atoms with Crippen LogP contribution < -0.4 is 0 Å². The largest absolute Gasteiger partial charge is 0.381 e. The molecule has 4 saturated carbocycles. The summed E-state index contributed by atoms with van der Waals surface area (Å²) in [6.45, 7) is 0. The van der Waals surface area contributed by atoms with Gasteiger partial charge in [0.25, 0.3) is 0 Å². The monoisotopic (exact) mass is 342 g/mol. The van der Waals surface area contributed by atoms with Crippen LogP contribution in [-0.2, 0) is 4.74 Å². The highest BCUT2D eigenvalue weighted by Crippen LogP contribution is 2.48. The molecule has 4 aliphatic carbocycles. The lowest BCUT2D eigenvalue weighted by atomic mass is 9.68. The number of methoxy groups -OCH3 is 1. The van der Waals surface area contributed by atoms with Crippen molar-refractivity contribution in [1.29, 1.82) is 0 Å². The number of rotatable bonds is 3. The molecule has 0 amide bonds. The molecule has 1 nitrogen and oxygen atoms in total. The Morgan fingerprint density at radius 2 is 0.800 bits per heavy atom. The maximum Gasteiger partial charge on any atom is 0.0572 e. The highest BCUT2D eigenvalue weighted by molar-refractivity contribution is 5.09. The summed E-state index contributed by atoms with van der Waals surface area (Å²) in [5.74, 6) is 13.1. The van der Waals surface area contributed by atoms with Gasteiger partial charge >= 0.3 is 0 Å². The second kappa shape index (κ2) is 8.47. The summed E-state index contributed by atoms with van der Waals surface area (Å²) in [4.78, 5) is 0. The summed E-state index contributed by atoms with van der Waals surface area (Å²) in [5, 5.41) is 0. The summed E-state index contributed by atoms with van der Waals surface area (Å²) >= 11 is 0. The van der Waals surface area contributed by atoms with E-state index in [4.69, 9.17) is 4.74 Å². The summed E-state index contributed by atoms with van der Waals surface area (Å²) in [7, 11) is 1.85. The Labute approximate surface area is 155 Å². The van der Waals surface area contributed by atoms with Gasteiger partial charge in [0.2, 0.25) is 0 Å². The van der Waals surface area contributed by atoms with E-state index in [1.807, 2.05) is 7.11 Å². The van der Waals surface area contributed by atoms with Crippen molar-refractivity contribution in [3.8, 4) is 11.8 Å². The van der Waals surface area contributed by atoms with Crippen LogP contribution in [-0.4, -0.2) is 13.2 Å². The minimum Gasteiger partial charge on any atom is -0.381 e. The maximum atomic E-state index is 5.48. The third-order valence-corrected chi connectivity index (χ3v) is 8.04. The smallest absolute Gasteiger partial charge is 0.0572 e. The number of hydrogen-bond acceptors (Lipinski definition) is 1. The van der Waals surface area contributed by atoms with Crippen LogP contribution in [0.1, 0.15) is 89.9 Å². The Hall–Kier alpha value is -0.480. The van der Waals surface area contributed by atoms with Crippen molar-refractivity contribution in [3.63, 3.8) is 0 Å². The fourth-order valence-corrected chi connectivity index (χ4v) is 6.07. The molecule has 0 unspecified atom stereocenters. The molecule has 0 aromatic rings. The van der Waals surface area contributed by atoms with Gasteiger partial charge in [-0.05, 0) is 114 Å². The molecule has 0 atom stereocenters. The fraction of sp³-hybridized carbons (Fsp3) is 0.917. The van der Waals surface area contributed by atoms with Crippen LogP contribution in [0.3, 0.4) is 0 Å². The van der Waals surface area contributed by atoms with E-state index in [2.05, 4.69) is 11.8 Å². The van der Waals surface area contributed by atoms with Crippen LogP contribution in [0.4, 0.5) is 0 Å². The lowest BCUT2D eigenvalue weighted by Gasteiger charge is -2.37. The summed E-state index contributed by atoms with van der Waals surface area (Å²) < 4.78 is 5.48. The van der Waals surface area contributed by atoms with Crippen LogP contribution >= 0.6 is 0 Å². The Kier molecular flexibility index (Phi) is 6.07. The molecule has 0 N–H and O–H groups in total. The summed E-state index contributed by atoms with van der Waals surface area (Å²) in [5.41, 5.74) is 0. The van der Waals surface area contributed by atoms with Crippen molar-refractivity contribution in [3.05, 3.63) is 0 Å². The molecular weight excluding hydrogens is 304 g/mol. The second-order valence-electron chi connectivity index (χ2n) is 9.62. The SMILES string of the molecule is COC1CCC(C#CC2CCC(C3CCC(C4CC4)CC3)CC2)CC1. The average Bonchev–Trinajstić information content (AvgIpc) is 3.53. The minimum atomic E-state index is 0.503. The van der Waals surface area contributed by atoms with Gasteiger partial charge in [0, 0.05) is 18.9 Å². The second-order valence-corrected chi connectivity index (χ2v) is 9.62. The van der Waals surface area contributed by atoms with E-state index in [-0.39, 0.29) is 0 Å². The van der Waals surface area contributed by atoms with E-state index < -0.39 is 0 Å². The predicted octanol–water partition coefficient (Wildman–Crippen LogP) is 6.22. The van der Waals surface area contributed by atoms with Gasteiger partial charge < -0.3 is 4.74 Å². The molecule has 0 bridgehead atoms. The first kappa shape index (κ1) is 17.9. The normalized spacial score (nSPS) is 42.4. The molecule has 4 rings (SSSR count). The first-order valence-corrected chi connectivity index (χ1v) is 11.4. The van der Waals surface area contributed by atoms with Crippen LogP contribution in [0.15, 0.2) is 0 Å². The van der Waals surface area contributed by atoms with Gasteiger partial charge in [-0.25, -0.2) is 0 Å². The van der Waals surface area contributed by atoms with Gasteiger partial charge in [-0.2, -0.15) is 0 Å². The molecule has 0 spiro atoms. The molecule has 0 aromatic heterocycles. The van der Waals surface area contributed by atoms with Gasteiger partial charge in [-0.15, -0.1) is 0 Å². The molecule has 25 heavy (non-hydrogen) atoms. The zero-order chi connectivity index (χ0) is 17.1. The quantitative estimate of drug-likeness (QED) is 0.553. The average molecular weight is 343 g/mol. The Morgan fingerprint density at radius 3 is 1.16 bits per heavy atom. The predicted molar refractivity (Wildman–Crippen MR) is 104 cm³/mol. The zero-order valence-electron chi connectivity index (χ0n) is 16.3. The van der Waals surface area contributed by atoms with Crippen LogP contribution in [0.25, 0.3) is 0 Å². The minimum absolute atomic E-state index is 0.503. The Balaban J connectivity index is 1.17. The summed E-state index contributed by atoms with van der Waals surface area (Å²) in [6, 6.07) is 0. The van der Waals surface area contributed by atoms with Gasteiger partial charge in [-0.3, -0.25) is 0 Å². The molecular formula is C24H38O. The highest BCUT2D eigenvalue weighted by atomic mass is 16.5. The summed E-state index contributed by atoms with van der Waals surface area (Å²) in [6.07, 6.45) is 20.4. The maximum absolute atomic E-state index is 5.48. The first-order valence-electron chi connectivity index (χ1n) is 11.4. The zero-order valence-corrected chi connectivity index (χ0v) is 16.3. The molecule has 0 aromatic carbocycles. The van der Waals surface area contributed by atoms with Crippen LogP contribution in [0.5, 0.6) is 0 Å². The molecule has 0 radical (unpaired) electrons. The van der Waals surface area contributed by atoms with E-state index in [0.717, 1.165) is 23.7 Å². The molecule has 4 fully saturated rings. The van der Waals surface area contributed by atoms with Crippen molar-refractivity contribution >= 4 is 0 Å². The molecule has 1 heteroatoms. The van der Waals surface area contributed by atoms with Gasteiger partial charge in [0.1, 0.15) is 0 Å². The molecule has 0 aliphatic heterocycles. The van der Waals surface area contributed by atoms with Crippen LogP contribution in [0, 0.1) is 47.3 Å². The molecule has 0 heterocycles. The molecule has 140 valence electrons. The van der Waals surface area contributed by atoms with Gasteiger partial charge in [0.15, 0.2) is 0 Å². The number of hydrogen-bond donors (Lipinski definition) is 0. The van der Waals surface area contributed by atoms with E-state index in [1.54, 1.807) is 38.5 Å². The Bertz CT molecular complexity index is 458. The standard InChI is InChI=1S/C24H38O/c1-25-24-16-6-19(7-17-24)3-2-18-4-8-20(9-5-18)21-10-12-22(13-11-21)23-14-15-23/h18-24H,4-17H2,1H3. The van der Waals surface area contributed by atoms with Gasteiger partial charge in [0.05, 0.1) is 6.10 Å². The topological polar surface area (TPSA) is 9.23 Å².